The minimum absolute atomic E-state index is 0.158. The third-order valence-corrected chi connectivity index (χ3v) is 4.76. The third-order valence-electron chi connectivity index (χ3n) is 4.76. The Morgan fingerprint density at radius 2 is 1.86 bits per heavy atom. The first kappa shape index (κ1) is 18.6. The molecule has 1 aromatic carbocycles. The van der Waals surface area contributed by atoms with Crippen LogP contribution in [0.3, 0.4) is 0 Å². The Morgan fingerprint density at radius 3 is 2.62 bits per heavy atom. The second-order valence-corrected chi connectivity index (χ2v) is 6.86. The van der Waals surface area contributed by atoms with Gasteiger partial charge in [-0.05, 0) is 43.2 Å². The summed E-state index contributed by atoms with van der Waals surface area (Å²) in [6.45, 7) is 4.41. The van der Waals surface area contributed by atoms with Crippen molar-refractivity contribution in [2.24, 2.45) is 0 Å². The molecule has 6 nitrogen and oxygen atoms in total. The molecular weight excluding hydrogens is 362 g/mol. The normalized spacial score (nSPS) is 10.7. The van der Waals surface area contributed by atoms with E-state index in [4.69, 9.17) is 0 Å². The van der Waals surface area contributed by atoms with Gasteiger partial charge >= 0.3 is 0 Å². The number of aromatic amines is 1. The number of aromatic nitrogens is 4. The SMILES string of the molecule is Cc1nc(-c2cc(-c3cncc(C(=O)NCc4ccccc4)c3)ccn2)[nH]c1C. The minimum Gasteiger partial charge on any atom is -0.348 e. The average molecular weight is 383 g/mol. The van der Waals surface area contributed by atoms with Gasteiger partial charge in [0.2, 0.25) is 0 Å². The number of pyridine rings is 2. The fourth-order valence-electron chi connectivity index (χ4n) is 3.01. The molecule has 0 unspecified atom stereocenters. The number of carbonyl (C=O) groups excluding carboxylic acids is 1. The lowest BCUT2D eigenvalue weighted by atomic mass is 10.1. The molecule has 0 atom stereocenters. The molecule has 1 amide bonds. The van der Waals surface area contributed by atoms with Crippen LogP contribution in [0.4, 0.5) is 0 Å². The molecule has 0 aliphatic heterocycles. The number of H-pyrrole nitrogens is 1. The van der Waals surface area contributed by atoms with Crippen LogP contribution >= 0.6 is 0 Å². The number of nitrogens with zero attached hydrogens (tertiary/aromatic N) is 3. The topological polar surface area (TPSA) is 83.6 Å². The Hall–Kier alpha value is -3.80. The standard InChI is InChI=1S/C23H21N5O/c1-15-16(2)28-22(27-15)21-11-18(8-9-25-21)19-10-20(14-24-13-19)23(29)26-12-17-6-4-3-5-7-17/h3-11,13-14H,12H2,1-2H3,(H,26,29)(H,27,28). The van der Waals surface area contributed by atoms with E-state index in [0.717, 1.165) is 39.6 Å². The van der Waals surface area contributed by atoms with E-state index >= 15 is 0 Å². The van der Waals surface area contributed by atoms with E-state index in [2.05, 4.69) is 25.3 Å². The van der Waals surface area contributed by atoms with Crippen LogP contribution < -0.4 is 5.32 Å². The molecule has 0 saturated carbocycles. The molecule has 3 aromatic heterocycles. The van der Waals surface area contributed by atoms with Crippen LogP contribution in [0.15, 0.2) is 67.1 Å². The Balaban J connectivity index is 1.55. The van der Waals surface area contributed by atoms with Crippen molar-refractivity contribution in [1.29, 1.82) is 0 Å². The number of nitrogens with one attached hydrogen (secondary N) is 2. The van der Waals surface area contributed by atoms with Gasteiger partial charge in [-0.25, -0.2) is 4.98 Å². The van der Waals surface area contributed by atoms with Crippen LogP contribution in [0.5, 0.6) is 0 Å². The molecule has 0 radical (unpaired) electrons. The van der Waals surface area contributed by atoms with Crippen LogP contribution in [-0.2, 0) is 6.54 Å². The maximum absolute atomic E-state index is 12.6. The average Bonchev–Trinajstić information content (AvgIpc) is 3.11. The van der Waals surface area contributed by atoms with E-state index in [1.807, 2.05) is 62.4 Å². The molecular formula is C23H21N5O. The molecule has 29 heavy (non-hydrogen) atoms. The number of amides is 1. The number of aryl methyl sites for hydroxylation is 2. The van der Waals surface area contributed by atoms with Crippen molar-refractivity contribution in [2.75, 3.05) is 0 Å². The van der Waals surface area contributed by atoms with E-state index < -0.39 is 0 Å². The Morgan fingerprint density at radius 1 is 1.03 bits per heavy atom. The van der Waals surface area contributed by atoms with E-state index in [1.165, 1.54) is 0 Å². The molecule has 3 heterocycles. The molecule has 0 fully saturated rings. The van der Waals surface area contributed by atoms with E-state index in [0.29, 0.717) is 12.1 Å². The van der Waals surface area contributed by atoms with Crippen molar-refractivity contribution in [2.45, 2.75) is 20.4 Å². The summed E-state index contributed by atoms with van der Waals surface area (Å²) in [4.78, 5) is 29.0. The predicted octanol–water partition coefficient (Wildman–Crippen LogP) is 4.08. The van der Waals surface area contributed by atoms with Gasteiger partial charge in [-0.15, -0.1) is 0 Å². The second kappa shape index (κ2) is 8.06. The van der Waals surface area contributed by atoms with Gasteiger partial charge in [-0.1, -0.05) is 30.3 Å². The van der Waals surface area contributed by atoms with E-state index in [9.17, 15) is 4.79 Å². The number of hydrogen-bond acceptors (Lipinski definition) is 4. The highest BCUT2D eigenvalue weighted by molar-refractivity contribution is 5.95. The number of imidazole rings is 1. The fourth-order valence-corrected chi connectivity index (χ4v) is 3.01. The second-order valence-electron chi connectivity index (χ2n) is 6.86. The molecule has 0 bridgehead atoms. The summed E-state index contributed by atoms with van der Waals surface area (Å²) in [5, 5.41) is 2.93. The summed E-state index contributed by atoms with van der Waals surface area (Å²) in [7, 11) is 0. The first-order valence-corrected chi connectivity index (χ1v) is 9.37. The van der Waals surface area contributed by atoms with Gasteiger partial charge in [0.05, 0.1) is 11.3 Å². The number of benzene rings is 1. The van der Waals surface area contributed by atoms with E-state index in [-0.39, 0.29) is 5.91 Å². The van der Waals surface area contributed by atoms with Crippen molar-refractivity contribution in [3.8, 4) is 22.6 Å². The molecule has 0 aliphatic carbocycles. The maximum atomic E-state index is 12.6. The smallest absolute Gasteiger partial charge is 0.253 e. The zero-order valence-electron chi connectivity index (χ0n) is 16.3. The lowest BCUT2D eigenvalue weighted by molar-refractivity contribution is 0.0950. The zero-order chi connectivity index (χ0) is 20.2. The van der Waals surface area contributed by atoms with Gasteiger partial charge < -0.3 is 10.3 Å². The summed E-state index contributed by atoms with van der Waals surface area (Å²) >= 11 is 0. The Bertz CT molecular complexity index is 1130. The van der Waals surface area contributed by atoms with Gasteiger partial charge in [0.25, 0.3) is 5.91 Å². The highest BCUT2D eigenvalue weighted by Gasteiger charge is 2.11. The number of rotatable bonds is 5. The zero-order valence-corrected chi connectivity index (χ0v) is 16.3. The van der Waals surface area contributed by atoms with Gasteiger partial charge in [0, 0.05) is 36.4 Å². The largest absolute Gasteiger partial charge is 0.348 e. The molecule has 6 heteroatoms. The van der Waals surface area contributed by atoms with Crippen molar-refractivity contribution in [3.63, 3.8) is 0 Å². The van der Waals surface area contributed by atoms with Crippen molar-refractivity contribution < 1.29 is 4.79 Å². The summed E-state index contributed by atoms with van der Waals surface area (Å²) in [6.07, 6.45) is 5.05. The van der Waals surface area contributed by atoms with Crippen molar-refractivity contribution in [3.05, 3.63) is 89.6 Å². The monoisotopic (exact) mass is 383 g/mol. The Labute approximate surface area is 169 Å². The van der Waals surface area contributed by atoms with Crippen LogP contribution in [0.2, 0.25) is 0 Å². The Kier molecular flexibility index (Phi) is 5.16. The van der Waals surface area contributed by atoms with Gasteiger partial charge in [0.15, 0.2) is 5.82 Å². The quantitative estimate of drug-likeness (QED) is 0.544. The molecule has 144 valence electrons. The number of hydrogen-bond donors (Lipinski definition) is 2. The molecule has 2 N–H and O–H groups in total. The highest BCUT2D eigenvalue weighted by Crippen LogP contribution is 2.24. The van der Waals surface area contributed by atoms with Gasteiger partial charge in [-0.3, -0.25) is 14.8 Å². The van der Waals surface area contributed by atoms with Crippen LogP contribution in [0.1, 0.15) is 27.3 Å². The fraction of sp³-hybridized carbons (Fsp3) is 0.130. The minimum atomic E-state index is -0.158. The first-order chi connectivity index (χ1) is 14.1. The van der Waals surface area contributed by atoms with Gasteiger partial charge in [0.1, 0.15) is 5.69 Å². The number of carbonyl (C=O) groups is 1. The highest BCUT2D eigenvalue weighted by atomic mass is 16.1. The predicted molar refractivity (Wildman–Crippen MR) is 112 cm³/mol. The molecule has 4 rings (SSSR count). The third kappa shape index (κ3) is 4.21. The molecule has 0 saturated heterocycles. The first-order valence-electron chi connectivity index (χ1n) is 9.37. The van der Waals surface area contributed by atoms with E-state index in [1.54, 1.807) is 18.6 Å². The maximum Gasteiger partial charge on any atom is 0.253 e. The summed E-state index contributed by atoms with van der Waals surface area (Å²) in [5.74, 6) is 0.571. The summed E-state index contributed by atoms with van der Waals surface area (Å²) in [6, 6.07) is 15.5. The summed E-state index contributed by atoms with van der Waals surface area (Å²) in [5.41, 5.74) is 6.05. The van der Waals surface area contributed by atoms with Gasteiger partial charge in [-0.2, -0.15) is 0 Å². The van der Waals surface area contributed by atoms with Crippen molar-refractivity contribution in [1.82, 2.24) is 25.3 Å². The lowest BCUT2D eigenvalue weighted by Gasteiger charge is -2.08. The van der Waals surface area contributed by atoms with Crippen LogP contribution in [-0.4, -0.2) is 25.8 Å². The summed E-state index contributed by atoms with van der Waals surface area (Å²) < 4.78 is 0. The lowest BCUT2D eigenvalue weighted by Crippen LogP contribution is -2.22. The molecule has 0 spiro atoms. The molecule has 0 aliphatic rings. The van der Waals surface area contributed by atoms with Crippen LogP contribution in [0, 0.1) is 13.8 Å². The van der Waals surface area contributed by atoms with Crippen molar-refractivity contribution >= 4 is 5.91 Å². The van der Waals surface area contributed by atoms with Crippen LogP contribution in [0.25, 0.3) is 22.6 Å². The molecule has 4 aromatic rings.